The molecule has 1 aromatic carbocycles. The number of anilines is 1. The lowest BCUT2D eigenvalue weighted by Crippen LogP contribution is -2.20. The molecule has 0 bridgehead atoms. The third-order valence-electron chi connectivity index (χ3n) is 2.38. The topological polar surface area (TPSA) is 94.3 Å². The van der Waals surface area contributed by atoms with Crippen LogP contribution in [0.5, 0.6) is 0 Å². The number of hydrogen-bond acceptors (Lipinski definition) is 4. The van der Waals surface area contributed by atoms with Gasteiger partial charge in [0.2, 0.25) is 11.8 Å². The minimum absolute atomic E-state index is 0.0702. The van der Waals surface area contributed by atoms with Crippen LogP contribution in [0.2, 0.25) is 0 Å². The number of hydrogen-bond donors (Lipinski definition) is 2. The molecule has 6 heteroatoms. The lowest BCUT2D eigenvalue weighted by atomic mass is 10.2. The van der Waals surface area contributed by atoms with Crippen LogP contribution in [0.25, 0.3) is 0 Å². The monoisotopic (exact) mass is 272 g/mol. The van der Waals surface area contributed by atoms with Gasteiger partial charge in [-0.1, -0.05) is 13.0 Å². The zero-order valence-corrected chi connectivity index (χ0v) is 11.4. The van der Waals surface area contributed by atoms with Gasteiger partial charge < -0.3 is 5.32 Å². The number of carbonyl (C=O) groups excluding carboxylic acids is 2. The Morgan fingerprint density at radius 3 is 2.75 bits per heavy atom. The highest BCUT2D eigenvalue weighted by atomic mass is 16.2. The molecule has 0 aliphatic rings. The fraction of sp³-hybridized carbons (Fsp3) is 0.286. The highest BCUT2D eigenvalue weighted by Gasteiger charge is 2.05. The van der Waals surface area contributed by atoms with E-state index in [1.165, 1.54) is 0 Å². The van der Waals surface area contributed by atoms with Gasteiger partial charge in [0.25, 0.3) is 0 Å². The molecule has 0 aromatic heterocycles. The Bertz CT molecular complexity index is 573. The van der Waals surface area contributed by atoms with Crippen LogP contribution in [0.3, 0.4) is 0 Å². The molecule has 0 fully saturated rings. The SMILES string of the molecule is CCC(=O)NN=C(C)CC(=O)Nc1cccc(C#N)c1. The average molecular weight is 272 g/mol. The maximum Gasteiger partial charge on any atom is 0.239 e. The van der Waals surface area contributed by atoms with E-state index in [9.17, 15) is 9.59 Å². The van der Waals surface area contributed by atoms with E-state index in [0.29, 0.717) is 23.4 Å². The fourth-order valence-corrected chi connectivity index (χ4v) is 1.38. The highest BCUT2D eigenvalue weighted by Crippen LogP contribution is 2.10. The van der Waals surface area contributed by atoms with Crippen molar-refractivity contribution >= 4 is 23.2 Å². The van der Waals surface area contributed by atoms with Crippen LogP contribution in [0.4, 0.5) is 5.69 Å². The number of rotatable bonds is 5. The molecule has 0 unspecified atom stereocenters. The van der Waals surface area contributed by atoms with Crippen molar-refractivity contribution in [3.05, 3.63) is 29.8 Å². The summed E-state index contributed by atoms with van der Waals surface area (Å²) in [6.45, 7) is 3.37. The van der Waals surface area contributed by atoms with E-state index in [1.54, 1.807) is 38.1 Å². The first-order chi connectivity index (χ1) is 9.55. The molecule has 0 saturated heterocycles. The number of carbonyl (C=O) groups is 2. The molecular formula is C14H16N4O2. The maximum absolute atomic E-state index is 11.7. The van der Waals surface area contributed by atoms with Crippen LogP contribution in [0.1, 0.15) is 32.3 Å². The Morgan fingerprint density at radius 2 is 2.10 bits per heavy atom. The summed E-state index contributed by atoms with van der Waals surface area (Å²) in [7, 11) is 0. The lowest BCUT2D eigenvalue weighted by Gasteiger charge is -2.05. The van der Waals surface area contributed by atoms with Crippen molar-refractivity contribution in [2.24, 2.45) is 5.10 Å². The summed E-state index contributed by atoms with van der Waals surface area (Å²) in [5.74, 6) is -0.460. The van der Waals surface area contributed by atoms with Crippen molar-refractivity contribution in [2.75, 3.05) is 5.32 Å². The van der Waals surface area contributed by atoms with Gasteiger partial charge in [0.15, 0.2) is 0 Å². The molecule has 2 N–H and O–H groups in total. The zero-order valence-electron chi connectivity index (χ0n) is 11.4. The smallest absolute Gasteiger partial charge is 0.239 e. The molecule has 2 amide bonds. The molecule has 6 nitrogen and oxygen atoms in total. The number of benzene rings is 1. The van der Waals surface area contributed by atoms with Crippen LogP contribution in [0.15, 0.2) is 29.4 Å². The third kappa shape index (κ3) is 5.31. The van der Waals surface area contributed by atoms with Gasteiger partial charge in [0.1, 0.15) is 0 Å². The van der Waals surface area contributed by atoms with Crippen LogP contribution in [0, 0.1) is 11.3 Å². The number of hydrazone groups is 1. The second-order valence-corrected chi connectivity index (χ2v) is 4.15. The van der Waals surface area contributed by atoms with Gasteiger partial charge in [-0.15, -0.1) is 0 Å². The summed E-state index contributed by atoms with van der Waals surface area (Å²) in [5, 5.41) is 15.2. The first-order valence-electron chi connectivity index (χ1n) is 6.17. The first kappa shape index (κ1) is 15.4. The summed E-state index contributed by atoms with van der Waals surface area (Å²) >= 11 is 0. The lowest BCUT2D eigenvalue weighted by molar-refractivity contribution is -0.121. The molecule has 0 atom stereocenters. The summed E-state index contributed by atoms with van der Waals surface area (Å²) in [5.41, 5.74) is 3.88. The van der Waals surface area contributed by atoms with Gasteiger partial charge in [-0.25, -0.2) is 5.43 Å². The maximum atomic E-state index is 11.7. The van der Waals surface area contributed by atoms with E-state index in [4.69, 9.17) is 5.26 Å². The van der Waals surface area contributed by atoms with Crippen molar-refractivity contribution in [1.82, 2.24) is 5.43 Å². The number of amides is 2. The molecule has 0 saturated carbocycles. The van der Waals surface area contributed by atoms with Crippen LogP contribution < -0.4 is 10.7 Å². The first-order valence-corrected chi connectivity index (χ1v) is 6.17. The fourth-order valence-electron chi connectivity index (χ4n) is 1.38. The van der Waals surface area contributed by atoms with E-state index in [0.717, 1.165) is 0 Å². The van der Waals surface area contributed by atoms with Gasteiger partial charge in [0, 0.05) is 17.8 Å². The highest BCUT2D eigenvalue weighted by molar-refractivity contribution is 6.05. The van der Waals surface area contributed by atoms with Crippen LogP contribution in [-0.4, -0.2) is 17.5 Å². The molecule has 104 valence electrons. The standard InChI is InChI=1S/C14H16N4O2/c1-3-13(19)18-17-10(2)7-14(20)16-12-6-4-5-11(8-12)9-15/h4-6,8H,3,7H2,1-2H3,(H,16,20)(H,18,19). The van der Waals surface area contributed by atoms with Crippen molar-refractivity contribution in [3.8, 4) is 6.07 Å². The molecule has 0 radical (unpaired) electrons. The molecule has 1 aromatic rings. The van der Waals surface area contributed by atoms with E-state index < -0.39 is 0 Å². The van der Waals surface area contributed by atoms with Gasteiger partial charge in [-0.2, -0.15) is 10.4 Å². The Hall–Kier alpha value is -2.68. The Labute approximate surface area is 117 Å². The average Bonchev–Trinajstić information content (AvgIpc) is 2.44. The Morgan fingerprint density at radius 1 is 1.35 bits per heavy atom. The van der Waals surface area contributed by atoms with E-state index >= 15 is 0 Å². The van der Waals surface area contributed by atoms with Gasteiger partial charge in [-0.05, 0) is 25.1 Å². The van der Waals surface area contributed by atoms with Gasteiger partial charge in [-0.3, -0.25) is 9.59 Å². The zero-order chi connectivity index (χ0) is 15.0. The van der Waals surface area contributed by atoms with E-state index in [2.05, 4.69) is 15.8 Å². The minimum atomic E-state index is -0.257. The predicted octanol–water partition coefficient (Wildman–Crippen LogP) is 1.79. The molecule has 0 heterocycles. The summed E-state index contributed by atoms with van der Waals surface area (Å²) < 4.78 is 0. The van der Waals surface area contributed by atoms with E-state index in [1.807, 2.05) is 6.07 Å². The molecule has 0 aliphatic heterocycles. The number of nitrogens with one attached hydrogen (secondary N) is 2. The summed E-state index contributed by atoms with van der Waals surface area (Å²) in [6.07, 6.45) is 0.407. The molecule has 0 aliphatic carbocycles. The van der Waals surface area contributed by atoms with Crippen LogP contribution >= 0.6 is 0 Å². The Kier molecular flexibility index (Phi) is 5.91. The van der Waals surface area contributed by atoms with Crippen molar-refractivity contribution in [2.45, 2.75) is 26.7 Å². The molecule has 0 spiro atoms. The summed E-state index contributed by atoms with van der Waals surface area (Å²) in [6, 6.07) is 8.63. The Balaban J connectivity index is 2.55. The van der Waals surface area contributed by atoms with Gasteiger partial charge >= 0.3 is 0 Å². The van der Waals surface area contributed by atoms with E-state index in [-0.39, 0.29) is 18.2 Å². The summed E-state index contributed by atoms with van der Waals surface area (Å²) in [4.78, 5) is 22.8. The van der Waals surface area contributed by atoms with Gasteiger partial charge in [0.05, 0.1) is 18.1 Å². The largest absolute Gasteiger partial charge is 0.326 e. The normalized spacial score (nSPS) is 10.6. The molecule has 20 heavy (non-hydrogen) atoms. The predicted molar refractivity (Wildman–Crippen MR) is 75.9 cm³/mol. The second kappa shape index (κ2) is 7.69. The quantitative estimate of drug-likeness (QED) is 0.632. The van der Waals surface area contributed by atoms with Crippen molar-refractivity contribution < 1.29 is 9.59 Å². The van der Waals surface area contributed by atoms with Crippen molar-refractivity contribution in [1.29, 1.82) is 5.26 Å². The molecule has 1 rings (SSSR count). The minimum Gasteiger partial charge on any atom is -0.326 e. The number of nitriles is 1. The third-order valence-corrected chi connectivity index (χ3v) is 2.38. The second-order valence-electron chi connectivity index (χ2n) is 4.15. The van der Waals surface area contributed by atoms with Crippen LogP contribution in [-0.2, 0) is 9.59 Å². The van der Waals surface area contributed by atoms with Crippen molar-refractivity contribution in [3.63, 3.8) is 0 Å². The molecular weight excluding hydrogens is 256 g/mol. The number of nitrogens with zero attached hydrogens (tertiary/aromatic N) is 2.